The van der Waals surface area contributed by atoms with Crippen molar-refractivity contribution in [3.63, 3.8) is 0 Å². The van der Waals surface area contributed by atoms with Gasteiger partial charge < -0.3 is 9.47 Å². The third kappa shape index (κ3) is 3.98. The van der Waals surface area contributed by atoms with Crippen molar-refractivity contribution in [1.82, 2.24) is 15.0 Å². The summed E-state index contributed by atoms with van der Waals surface area (Å²) in [6.45, 7) is 4.04. The fraction of sp³-hybridized carbons (Fsp3) is 0.700. The van der Waals surface area contributed by atoms with Crippen molar-refractivity contribution in [2.75, 3.05) is 20.3 Å². The third-order valence-corrected chi connectivity index (χ3v) is 2.04. The van der Waals surface area contributed by atoms with Crippen LogP contribution in [0, 0.1) is 0 Å². The summed E-state index contributed by atoms with van der Waals surface area (Å²) >= 11 is 0. The molecule has 0 aliphatic carbocycles. The van der Waals surface area contributed by atoms with E-state index >= 15 is 0 Å². The maximum atomic E-state index is 11.1. The van der Waals surface area contributed by atoms with Crippen LogP contribution in [-0.2, 0) is 16.0 Å². The molecule has 0 spiro atoms. The van der Waals surface area contributed by atoms with Crippen LogP contribution < -0.4 is 0 Å². The van der Waals surface area contributed by atoms with Gasteiger partial charge in [-0.25, -0.2) is 9.48 Å². The second kappa shape index (κ2) is 6.95. The fourth-order valence-corrected chi connectivity index (χ4v) is 1.11. The van der Waals surface area contributed by atoms with E-state index in [1.807, 2.05) is 0 Å². The number of carbonyl (C=O) groups excluding carboxylic acids is 1. The molecule has 0 bridgehead atoms. The molecule has 0 aliphatic heterocycles. The lowest BCUT2D eigenvalue weighted by Crippen LogP contribution is -2.07. The molecule has 0 fully saturated rings. The Morgan fingerprint density at radius 2 is 2.31 bits per heavy atom. The van der Waals surface area contributed by atoms with Gasteiger partial charge in [0.2, 0.25) is 0 Å². The second-order valence-corrected chi connectivity index (χ2v) is 3.32. The summed E-state index contributed by atoms with van der Waals surface area (Å²) in [6.07, 6.45) is 3.73. The van der Waals surface area contributed by atoms with E-state index in [0.29, 0.717) is 13.2 Å². The number of hydrogen-bond donors (Lipinski definition) is 0. The highest BCUT2D eigenvalue weighted by atomic mass is 16.5. The van der Waals surface area contributed by atoms with Crippen LogP contribution in [0.15, 0.2) is 6.20 Å². The highest BCUT2D eigenvalue weighted by molar-refractivity contribution is 5.86. The first-order chi connectivity index (χ1) is 7.77. The standard InChI is InChI=1S/C10H17N3O3/c1-3-4-6-16-7-5-13-8-9(11-12-13)10(14)15-2/h8H,3-7H2,1-2H3. The number of nitrogens with zero attached hydrogens (tertiary/aromatic N) is 3. The molecule has 90 valence electrons. The Hall–Kier alpha value is -1.43. The Morgan fingerprint density at radius 1 is 1.50 bits per heavy atom. The van der Waals surface area contributed by atoms with Crippen LogP contribution in [0.25, 0.3) is 0 Å². The Bertz CT molecular complexity index is 325. The zero-order valence-electron chi connectivity index (χ0n) is 9.68. The Kier molecular flexibility index (Phi) is 5.49. The van der Waals surface area contributed by atoms with Crippen LogP contribution in [0.5, 0.6) is 0 Å². The minimum Gasteiger partial charge on any atom is -0.464 e. The highest BCUT2D eigenvalue weighted by Crippen LogP contribution is 1.96. The number of esters is 1. The molecule has 1 heterocycles. The lowest BCUT2D eigenvalue weighted by Gasteiger charge is -2.02. The van der Waals surface area contributed by atoms with Crippen LogP contribution in [0.2, 0.25) is 0 Å². The van der Waals surface area contributed by atoms with Crippen LogP contribution in [0.3, 0.4) is 0 Å². The molecule has 6 nitrogen and oxygen atoms in total. The van der Waals surface area contributed by atoms with E-state index < -0.39 is 5.97 Å². The first-order valence-corrected chi connectivity index (χ1v) is 5.34. The topological polar surface area (TPSA) is 66.2 Å². The van der Waals surface area contributed by atoms with Crippen LogP contribution in [-0.4, -0.2) is 41.3 Å². The molecule has 1 rings (SSSR count). The van der Waals surface area contributed by atoms with E-state index in [1.54, 1.807) is 10.9 Å². The molecule has 6 heteroatoms. The zero-order chi connectivity index (χ0) is 11.8. The van der Waals surface area contributed by atoms with Crippen molar-refractivity contribution in [1.29, 1.82) is 0 Å². The van der Waals surface area contributed by atoms with Gasteiger partial charge in [-0.1, -0.05) is 18.6 Å². The monoisotopic (exact) mass is 227 g/mol. The molecule has 0 N–H and O–H groups in total. The van der Waals surface area contributed by atoms with Gasteiger partial charge in [-0.15, -0.1) is 5.10 Å². The van der Waals surface area contributed by atoms with Gasteiger partial charge in [0.25, 0.3) is 0 Å². The smallest absolute Gasteiger partial charge is 0.360 e. The molecule has 0 saturated carbocycles. The van der Waals surface area contributed by atoms with Gasteiger partial charge >= 0.3 is 5.97 Å². The van der Waals surface area contributed by atoms with E-state index in [1.165, 1.54) is 7.11 Å². The van der Waals surface area contributed by atoms with Gasteiger partial charge in [0, 0.05) is 6.61 Å². The SMILES string of the molecule is CCCCOCCn1cc(C(=O)OC)nn1. The van der Waals surface area contributed by atoms with Crippen LogP contribution >= 0.6 is 0 Å². The van der Waals surface area contributed by atoms with E-state index in [2.05, 4.69) is 22.0 Å². The fourth-order valence-electron chi connectivity index (χ4n) is 1.11. The van der Waals surface area contributed by atoms with Gasteiger partial charge in [0.1, 0.15) is 0 Å². The molecule has 1 aromatic rings. The number of aromatic nitrogens is 3. The summed E-state index contributed by atoms with van der Waals surface area (Å²) in [7, 11) is 1.31. The van der Waals surface area contributed by atoms with Crippen molar-refractivity contribution < 1.29 is 14.3 Å². The molecular weight excluding hydrogens is 210 g/mol. The minimum absolute atomic E-state index is 0.219. The van der Waals surface area contributed by atoms with Gasteiger partial charge in [0.05, 0.1) is 26.5 Å². The molecule has 1 aromatic heterocycles. The summed E-state index contributed by atoms with van der Waals surface area (Å²) < 4.78 is 11.5. The Labute approximate surface area is 94.5 Å². The molecule has 0 atom stereocenters. The van der Waals surface area contributed by atoms with Crippen molar-refractivity contribution in [2.24, 2.45) is 0 Å². The van der Waals surface area contributed by atoms with Crippen LogP contribution in [0.4, 0.5) is 0 Å². The molecule has 0 aromatic carbocycles. The van der Waals surface area contributed by atoms with Crippen molar-refractivity contribution >= 4 is 5.97 Å². The van der Waals surface area contributed by atoms with Gasteiger partial charge in [-0.3, -0.25) is 0 Å². The molecule has 0 aliphatic rings. The summed E-state index contributed by atoms with van der Waals surface area (Å²) in [5.41, 5.74) is 0.219. The van der Waals surface area contributed by atoms with E-state index in [4.69, 9.17) is 4.74 Å². The van der Waals surface area contributed by atoms with E-state index in [0.717, 1.165) is 19.4 Å². The second-order valence-electron chi connectivity index (χ2n) is 3.32. The summed E-state index contributed by atoms with van der Waals surface area (Å²) in [4.78, 5) is 11.1. The first-order valence-electron chi connectivity index (χ1n) is 5.34. The largest absolute Gasteiger partial charge is 0.464 e. The van der Waals surface area contributed by atoms with Crippen molar-refractivity contribution in [3.8, 4) is 0 Å². The molecule has 0 unspecified atom stereocenters. The number of unbranched alkanes of at least 4 members (excludes halogenated alkanes) is 1. The lowest BCUT2D eigenvalue weighted by atomic mass is 10.4. The number of hydrogen-bond acceptors (Lipinski definition) is 5. The Balaban J connectivity index is 2.27. The molecule has 16 heavy (non-hydrogen) atoms. The van der Waals surface area contributed by atoms with Crippen LogP contribution in [0.1, 0.15) is 30.3 Å². The number of carbonyl (C=O) groups is 1. The quantitative estimate of drug-likeness (QED) is 0.511. The molecule has 0 saturated heterocycles. The van der Waals surface area contributed by atoms with Gasteiger partial charge in [-0.2, -0.15) is 0 Å². The average Bonchev–Trinajstić information content (AvgIpc) is 2.76. The highest BCUT2D eigenvalue weighted by Gasteiger charge is 2.09. The maximum absolute atomic E-state index is 11.1. The minimum atomic E-state index is -0.474. The number of ether oxygens (including phenoxy) is 2. The van der Waals surface area contributed by atoms with E-state index in [-0.39, 0.29) is 5.69 Å². The average molecular weight is 227 g/mol. The number of methoxy groups -OCH3 is 1. The predicted octanol–water partition coefficient (Wildman–Crippen LogP) is 0.881. The Morgan fingerprint density at radius 3 is 3.00 bits per heavy atom. The van der Waals surface area contributed by atoms with Crippen molar-refractivity contribution in [2.45, 2.75) is 26.3 Å². The lowest BCUT2D eigenvalue weighted by molar-refractivity contribution is 0.0594. The predicted molar refractivity (Wildman–Crippen MR) is 57.1 cm³/mol. The zero-order valence-corrected chi connectivity index (χ0v) is 9.68. The van der Waals surface area contributed by atoms with Gasteiger partial charge in [0.15, 0.2) is 5.69 Å². The van der Waals surface area contributed by atoms with Gasteiger partial charge in [-0.05, 0) is 6.42 Å². The summed E-state index contributed by atoms with van der Waals surface area (Å²) in [5.74, 6) is -0.474. The van der Waals surface area contributed by atoms with Crippen molar-refractivity contribution in [3.05, 3.63) is 11.9 Å². The maximum Gasteiger partial charge on any atom is 0.360 e. The first kappa shape index (κ1) is 12.6. The molecule has 0 radical (unpaired) electrons. The summed E-state index contributed by atoms with van der Waals surface area (Å²) in [5, 5.41) is 7.47. The van der Waals surface area contributed by atoms with E-state index in [9.17, 15) is 4.79 Å². The number of rotatable bonds is 7. The third-order valence-electron chi connectivity index (χ3n) is 2.04. The summed E-state index contributed by atoms with van der Waals surface area (Å²) in [6, 6.07) is 0. The molecule has 0 amide bonds. The normalized spacial score (nSPS) is 10.4. The molecular formula is C10H17N3O3.